The Bertz CT molecular complexity index is 810. The molecule has 2 amide bonds. The monoisotopic (exact) mass is 386 g/mol. The minimum Gasteiger partial charge on any atom is -0.494 e. The van der Waals surface area contributed by atoms with E-state index in [2.05, 4.69) is 5.32 Å². The Hall–Kier alpha value is -2.51. The van der Waals surface area contributed by atoms with E-state index < -0.39 is 0 Å². The molecule has 7 heteroatoms. The van der Waals surface area contributed by atoms with E-state index in [0.29, 0.717) is 18.0 Å². The third-order valence-electron chi connectivity index (χ3n) is 4.02. The van der Waals surface area contributed by atoms with E-state index >= 15 is 0 Å². The Balaban J connectivity index is 1.82. The minimum absolute atomic E-state index is 0.000797. The van der Waals surface area contributed by atoms with Crippen molar-refractivity contribution in [1.82, 2.24) is 0 Å². The van der Waals surface area contributed by atoms with E-state index in [9.17, 15) is 9.59 Å². The number of rotatable bonds is 7. The molecule has 1 aliphatic heterocycles. The largest absolute Gasteiger partial charge is 0.494 e. The average molecular weight is 386 g/mol. The summed E-state index contributed by atoms with van der Waals surface area (Å²) in [6.45, 7) is 2.53. The number of benzene rings is 2. The maximum atomic E-state index is 12.5. The molecule has 142 valence electrons. The number of hydrogen-bond donors (Lipinski definition) is 1. The zero-order valence-electron chi connectivity index (χ0n) is 15.3. The van der Waals surface area contributed by atoms with Crippen molar-refractivity contribution in [3.8, 4) is 5.75 Å². The minimum atomic E-state index is -0.215. The van der Waals surface area contributed by atoms with Crippen molar-refractivity contribution in [1.29, 1.82) is 0 Å². The lowest BCUT2D eigenvalue weighted by Gasteiger charge is -2.25. The maximum Gasteiger partial charge on any atom is 0.250 e. The molecule has 1 N–H and O–H groups in total. The first-order valence-electron chi connectivity index (χ1n) is 8.67. The van der Waals surface area contributed by atoms with Gasteiger partial charge < -0.3 is 14.8 Å². The third kappa shape index (κ3) is 4.61. The first-order chi connectivity index (χ1) is 13.1. The van der Waals surface area contributed by atoms with Gasteiger partial charge in [-0.3, -0.25) is 14.5 Å². The fraction of sp³-hybridized carbons (Fsp3) is 0.300. The number of nitrogens with zero attached hydrogens (tertiary/aromatic N) is 1. The molecule has 0 bridgehead atoms. The summed E-state index contributed by atoms with van der Waals surface area (Å²) in [5.74, 6) is 1.04. The summed E-state index contributed by atoms with van der Waals surface area (Å²) >= 11 is 1.57. The summed E-state index contributed by atoms with van der Waals surface area (Å²) < 4.78 is 10.3. The fourth-order valence-corrected chi connectivity index (χ4v) is 4.08. The second kappa shape index (κ2) is 8.92. The van der Waals surface area contributed by atoms with Gasteiger partial charge in [0.2, 0.25) is 11.8 Å². The van der Waals surface area contributed by atoms with Gasteiger partial charge in [0.25, 0.3) is 0 Å². The fourth-order valence-electron chi connectivity index (χ4n) is 2.92. The number of amides is 2. The van der Waals surface area contributed by atoms with Crippen molar-refractivity contribution in [3.63, 3.8) is 0 Å². The summed E-state index contributed by atoms with van der Waals surface area (Å²) in [5.41, 5.74) is 2.46. The zero-order chi connectivity index (χ0) is 19.2. The molecule has 0 aliphatic carbocycles. The summed E-state index contributed by atoms with van der Waals surface area (Å²) in [6.07, 6.45) is 0. The highest BCUT2D eigenvalue weighted by atomic mass is 32.2. The molecule has 1 aliphatic rings. The number of carbonyl (C=O) groups excluding carboxylic acids is 2. The van der Waals surface area contributed by atoms with Crippen molar-refractivity contribution in [2.75, 3.05) is 36.3 Å². The molecule has 0 radical (unpaired) electrons. The van der Waals surface area contributed by atoms with Gasteiger partial charge in [-0.05, 0) is 48.9 Å². The van der Waals surface area contributed by atoms with E-state index in [1.54, 1.807) is 16.7 Å². The quantitative estimate of drug-likeness (QED) is 0.789. The lowest BCUT2D eigenvalue weighted by Crippen LogP contribution is -2.27. The second-order valence-electron chi connectivity index (χ2n) is 5.96. The van der Waals surface area contributed by atoms with E-state index in [-0.39, 0.29) is 23.8 Å². The molecule has 0 saturated carbocycles. The number of anilines is 2. The number of hydrogen-bond acceptors (Lipinski definition) is 5. The Kier molecular flexibility index (Phi) is 6.36. The molecule has 0 aromatic heterocycles. The smallest absolute Gasteiger partial charge is 0.250 e. The molecule has 2 aromatic rings. The van der Waals surface area contributed by atoms with Crippen LogP contribution in [0, 0.1) is 0 Å². The van der Waals surface area contributed by atoms with Crippen molar-refractivity contribution in [3.05, 3.63) is 54.1 Å². The van der Waals surface area contributed by atoms with Crippen LogP contribution in [-0.2, 0) is 14.3 Å². The van der Waals surface area contributed by atoms with Gasteiger partial charge in [-0.2, -0.15) is 0 Å². The van der Waals surface area contributed by atoms with E-state index in [0.717, 1.165) is 17.0 Å². The standard InChI is InChI=1S/C20H22N2O4S/c1-3-26-17-9-7-16(8-10-17)22-19(24)13-27-20(22)14-5-4-6-15(11-14)21-18(23)12-25-2/h4-11,20H,3,12-13H2,1-2H3,(H,21,23)/t20-/m1/s1. The van der Waals surface area contributed by atoms with Crippen LogP contribution < -0.4 is 15.0 Å². The molecule has 1 atom stereocenters. The zero-order valence-corrected chi connectivity index (χ0v) is 16.1. The van der Waals surface area contributed by atoms with Gasteiger partial charge in [0, 0.05) is 18.5 Å². The van der Waals surface area contributed by atoms with Crippen molar-refractivity contribution in [2.24, 2.45) is 0 Å². The summed E-state index contributed by atoms with van der Waals surface area (Å²) in [7, 11) is 1.48. The Morgan fingerprint density at radius 2 is 2.04 bits per heavy atom. The van der Waals surface area contributed by atoms with Gasteiger partial charge in [0.05, 0.1) is 12.4 Å². The Morgan fingerprint density at radius 3 is 2.74 bits per heavy atom. The van der Waals surface area contributed by atoms with E-state index in [1.807, 2.05) is 55.5 Å². The molecular weight excluding hydrogens is 364 g/mol. The van der Waals surface area contributed by atoms with Crippen molar-refractivity contribution in [2.45, 2.75) is 12.3 Å². The van der Waals surface area contributed by atoms with Crippen LogP contribution in [0.15, 0.2) is 48.5 Å². The average Bonchev–Trinajstić information content (AvgIpc) is 3.05. The van der Waals surface area contributed by atoms with Crippen molar-refractivity contribution < 1.29 is 19.1 Å². The van der Waals surface area contributed by atoms with Gasteiger partial charge in [0.15, 0.2) is 0 Å². The third-order valence-corrected chi connectivity index (χ3v) is 5.24. The predicted molar refractivity (Wildman–Crippen MR) is 107 cm³/mol. The molecule has 3 rings (SSSR count). The topological polar surface area (TPSA) is 67.9 Å². The Labute approximate surface area is 162 Å². The van der Waals surface area contributed by atoms with Crippen LogP contribution in [-0.4, -0.2) is 37.9 Å². The normalized spacial score (nSPS) is 16.4. The summed E-state index contributed by atoms with van der Waals surface area (Å²) in [5, 5.41) is 2.66. The van der Waals surface area contributed by atoms with Gasteiger partial charge in [0.1, 0.15) is 17.7 Å². The van der Waals surface area contributed by atoms with E-state index in [4.69, 9.17) is 9.47 Å². The molecule has 1 heterocycles. The SMILES string of the molecule is CCOc1ccc(N2C(=O)CS[C@@H]2c2cccc(NC(=O)COC)c2)cc1. The van der Waals surface area contributed by atoms with Crippen LogP contribution >= 0.6 is 11.8 Å². The molecular formula is C20H22N2O4S. The van der Waals surface area contributed by atoms with Gasteiger partial charge in [-0.1, -0.05) is 12.1 Å². The highest BCUT2D eigenvalue weighted by molar-refractivity contribution is 8.00. The summed E-state index contributed by atoms with van der Waals surface area (Å²) in [4.78, 5) is 26.0. The molecule has 2 aromatic carbocycles. The number of methoxy groups -OCH3 is 1. The molecule has 1 fully saturated rings. The van der Waals surface area contributed by atoms with Crippen LogP contribution in [0.1, 0.15) is 17.9 Å². The highest BCUT2D eigenvalue weighted by Crippen LogP contribution is 2.42. The number of thioether (sulfide) groups is 1. The first-order valence-corrected chi connectivity index (χ1v) is 9.72. The first kappa shape index (κ1) is 19.3. The van der Waals surface area contributed by atoms with Gasteiger partial charge in [-0.25, -0.2) is 0 Å². The maximum absolute atomic E-state index is 12.5. The van der Waals surface area contributed by atoms with Gasteiger partial charge in [-0.15, -0.1) is 11.8 Å². The molecule has 1 saturated heterocycles. The molecule has 6 nitrogen and oxygen atoms in total. The van der Waals surface area contributed by atoms with Crippen molar-refractivity contribution >= 4 is 35.0 Å². The summed E-state index contributed by atoms with van der Waals surface area (Å²) in [6, 6.07) is 15.1. The van der Waals surface area contributed by atoms with Crippen LogP contribution in [0.5, 0.6) is 5.75 Å². The van der Waals surface area contributed by atoms with Crippen LogP contribution in [0.4, 0.5) is 11.4 Å². The lowest BCUT2D eigenvalue weighted by atomic mass is 10.1. The molecule has 0 unspecified atom stereocenters. The van der Waals surface area contributed by atoms with Crippen LogP contribution in [0.3, 0.4) is 0 Å². The molecule has 27 heavy (non-hydrogen) atoms. The number of nitrogens with one attached hydrogen (secondary N) is 1. The number of carbonyl (C=O) groups is 2. The number of ether oxygens (including phenoxy) is 2. The van der Waals surface area contributed by atoms with Gasteiger partial charge >= 0.3 is 0 Å². The van der Waals surface area contributed by atoms with Crippen LogP contribution in [0.25, 0.3) is 0 Å². The van der Waals surface area contributed by atoms with E-state index in [1.165, 1.54) is 7.11 Å². The molecule has 0 spiro atoms. The Morgan fingerprint density at radius 1 is 1.26 bits per heavy atom. The predicted octanol–water partition coefficient (Wildman–Crippen LogP) is 3.45. The lowest BCUT2D eigenvalue weighted by molar-refractivity contribution is -0.119. The van der Waals surface area contributed by atoms with Crippen LogP contribution in [0.2, 0.25) is 0 Å². The second-order valence-corrected chi connectivity index (χ2v) is 7.03. The highest BCUT2D eigenvalue weighted by Gasteiger charge is 2.34.